The Balaban J connectivity index is 3.05. The van der Waals surface area contributed by atoms with Crippen molar-refractivity contribution in [2.45, 2.75) is 5.76 Å². The molecular formula is C7H5ClF2INO2S. The van der Waals surface area contributed by atoms with Gasteiger partial charge in [-0.2, -0.15) is 8.78 Å². The van der Waals surface area contributed by atoms with Gasteiger partial charge in [0.1, 0.15) is 0 Å². The van der Waals surface area contributed by atoms with E-state index < -0.39 is 15.8 Å². The highest BCUT2D eigenvalue weighted by Crippen LogP contribution is 2.25. The molecular weight excluding hydrogens is 363 g/mol. The van der Waals surface area contributed by atoms with Crippen LogP contribution in [0.3, 0.4) is 0 Å². The third-order valence-corrected chi connectivity index (χ3v) is 3.39. The fourth-order valence-corrected chi connectivity index (χ4v) is 2.05. The highest BCUT2D eigenvalue weighted by Gasteiger charge is 2.24. The molecule has 8 heteroatoms. The van der Waals surface area contributed by atoms with Gasteiger partial charge in [0.25, 0.3) is 10.0 Å². The molecule has 0 aliphatic carbocycles. The minimum absolute atomic E-state index is 0.0520. The van der Waals surface area contributed by atoms with Gasteiger partial charge in [-0.25, -0.2) is 8.42 Å². The quantitative estimate of drug-likeness (QED) is 0.835. The molecule has 0 aromatic heterocycles. The minimum Gasteiger partial charge on any atom is -0.277 e. The van der Waals surface area contributed by atoms with Crippen LogP contribution in [0.15, 0.2) is 18.2 Å². The topological polar surface area (TPSA) is 46.2 Å². The normalized spacial score (nSPS) is 11.8. The second kappa shape index (κ2) is 4.79. The SMILES string of the molecule is O=S(=O)(Nc1cc(I)ccc1Cl)C(F)F. The number of hydrogen-bond donors (Lipinski definition) is 1. The van der Waals surface area contributed by atoms with Crippen molar-refractivity contribution < 1.29 is 17.2 Å². The van der Waals surface area contributed by atoms with Crippen LogP contribution in [0.5, 0.6) is 0 Å². The van der Waals surface area contributed by atoms with E-state index in [0.717, 1.165) is 0 Å². The first-order chi connectivity index (χ1) is 6.83. The molecule has 1 aromatic rings. The van der Waals surface area contributed by atoms with Crippen molar-refractivity contribution in [3.05, 3.63) is 26.8 Å². The van der Waals surface area contributed by atoms with Gasteiger partial charge in [-0.3, -0.25) is 4.72 Å². The molecule has 0 saturated heterocycles. The highest BCUT2D eigenvalue weighted by molar-refractivity contribution is 14.1. The molecule has 1 N–H and O–H groups in total. The molecule has 0 bridgehead atoms. The van der Waals surface area contributed by atoms with E-state index >= 15 is 0 Å². The Morgan fingerprint density at radius 2 is 2.00 bits per heavy atom. The summed E-state index contributed by atoms with van der Waals surface area (Å²) >= 11 is 7.54. The zero-order chi connectivity index (χ0) is 11.6. The molecule has 1 aromatic carbocycles. The number of sulfonamides is 1. The Hall–Kier alpha value is -0.150. The van der Waals surface area contributed by atoms with Crippen molar-refractivity contribution in [3.63, 3.8) is 0 Å². The van der Waals surface area contributed by atoms with Crippen LogP contribution in [0.2, 0.25) is 5.02 Å². The maximum absolute atomic E-state index is 12.0. The van der Waals surface area contributed by atoms with Crippen LogP contribution in [-0.2, 0) is 10.0 Å². The predicted octanol–water partition coefficient (Wildman–Crippen LogP) is 2.91. The molecule has 0 radical (unpaired) electrons. The summed E-state index contributed by atoms with van der Waals surface area (Å²) in [5.74, 6) is -3.48. The van der Waals surface area contributed by atoms with E-state index in [0.29, 0.717) is 3.57 Å². The molecule has 0 atom stereocenters. The lowest BCUT2D eigenvalue weighted by Gasteiger charge is -2.08. The molecule has 0 spiro atoms. The monoisotopic (exact) mass is 367 g/mol. The average molecular weight is 368 g/mol. The Labute approximate surface area is 104 Å². The van der Waals surface area contributed by atoms with Crippen LogP contribution >= 0.6 is 34.2 Å². The standard InChI is InChI=1S/C7H5ClF2INO2S/c8-5-2-1-4(11)3-6(5)12-15(13,14)7(9)10/h1-3,7,12H. The van der Waals surface area contributed by atoms with E-state index in [2.05, 4.69) is 0 Å². The first-order valence-corrected chi connectivity index (χ1v) is 6.58. The third-order valence-electron chi connectivity index (χ3n) is 1.42. The molecule has 1 rings (SSSR count). The highest BCUT2D eigenvalue weighted by atomic mass is 127. The van der Waals surface area contributed by atoms with Crippen molar-refractivity contribution in [1.82, 2.24) is 0 Å². The maximum Gasteiger partial charge on any atom is 0.355 e. The Morgan fingerprint density at radius 3 is 2.53 bits per heavy atom. The van der Waals surface area contributed by atoms with Gasteiger partial charge in [0.2, 0.25) is 0 Å². The van der Waals surface area contributed by atoms with E-state index in [-0.39, 0.29) is 10.7 Å². The van der Waals surface area contributed by atoms with E-state index in [1.807, 2.05) is 22.6 Å². The Kier molecular flexibility index (Phi) is 4.13. The molecule has 3 nitrogen and oxygen atoms in total. The van der Waals surface area contributed by atoms with Crippen molar-refractivity contribution >= 4 is 49.9 Å². The number of alkyl halides is 2. The van der Waals surface area contributed by atoms with Crippen LogP contribution in [0.4, 0.5) is 14.5 Å². The van der Waals surface area contributed by atoms with Crippen molar-refractivity contribution in [2.24, 2.45) is 0 Å². The first-order valence-electron chi connectivity index (χ1n) is 3.58. The van der Waals surface area contributed by atoms with Gasteiger partial charge in [-0.1, -0.05) is 11.6 Å². The lowest BCUT2D eigenvalue weighted by atomic mass is 10.3. The summed E-state index contributed by atoms with van der Waals surface area (Å²) in [6, 6.07) is 4.42. The minimum atomic E-state index is -4.66. The van der Waals surface area contributed by atoms with Crippen LogP contribution in [0, 0.1) is 3.57 Å². The summed E-state index contributed by atoms with van der Waals surface area (Å²) in [7, 11) is -4.66. The first kappa shape index (κ1) is 12.9. The number of rotatable bonds is 3. The molecule has 0 heterocycles. The number of anilines is 1. The zero-order valence-corrected chi connectivity index (χ0v) is 10.8. The van der Waals surface area contributed by atoms with Gasteiger partial charge in [0, 0.05) is 3.57 Å². The average Bonchev–Trinajstić information content (AvgIpc) is 2.10. The summed E-state index contributed by atoms with van der Waals surface area (Å²) in [6.45, 7) is 0. The van der Waals surface area contributed by atoms with E-state index in [1.54, 1.807) is 10.8 Å². The summed E-state index contributed by atoms with van der Waals surface area (Å²) in [5, 5.41) is 0.0691. The molecule has 0 aliphatic heterocycles. The van der Waals surface area contributed by atoms with Gasteiger partial charge in [-0.05, 0) is 40.8 Å². The largest absolute Gasteiger partial charge is 0.355 e. The van der Waals surface area contributed by atoms with E-state index in [1.165, 1.54) is 12.1 Å². The second-order valence-electron chi connectivity index (χ2n) is 2.53. The van der Waals surface area contributed by atoms with Gasteiger partial charge in [0.15, 0.2) is 0 Å². The number of nitrogens with one attached hydrogen (secondary N) is 1. The predicted molar refractivity (Wildman–Crippen MR) is 62.7 cm³/mol. The summed E-state index contributed by atoms with van der Waals surface area (Å²) in [5.41, 5.74) is -0.0520. The fourth-order valence-electron chi connectivity index (χ4n) is 0.774. The number of benzene rings is 1. The van der Waals surface area contributed by atoms with Crippen molar-refractivity contribution in [2.75, 3.05) is 4.72 Å². The molecule has 0 amide bonds. The molecule has 84 valence electrons. The Bertz CT molecular complexity index is 466. The van der Waals surface area contributed by atoms with Gasteiger partial charge in [-0.15, -0.1) is 0 Å². The van der Waals surface area contributed by atoms with Crippen molar-refractivity contribution in [3.8, 4) is 0 Å². The van der Waals surface area contributed by atoms with E-state index in [9.17, 15) is 17.2 Å². The molecule has 0 aliphatic rings. The number of hydrogen-bond acceptors (Lipinski definition) is 2. The zero-order valence-electron chi connectivity index (χ0n) is 7.05. The van der Waals surface area contributed by atoms with Crippen molar-refractivity contribution in [1.29, 1.82) is 0 Å². The van der Waals surface area contributed by atoms with Crippen LogP contribution in [0.25, 0.3) is 0 Å². The Morgan fingerprint density at radius 1 is 1.40 bits per heavy atom. The van der Waals surface area contributed by atoms with Crippen LogP contribution < -0.4 is 4.72 Å². The lowest BCUT2D eigenvalue weighted by molar-refractivity contribution is 0.236. The summed E-state index contributed by atoms with van der Waals surface area (Å²) in [6.07, 6.45) is 0. The van der Waals surface area contributed by atoms with Crippen LogP contribution in [-0.4, -0.2) is 14.2 Å². The van der Waals surface area contributed by atoms with Gasteiger partial charge in [0.05, 0.1) is 10.7 Å². The maximum atomic E-state index is 12.0. The molecule has 0 saturated carbocycles. The second-order valence-corrected chi connectivity index (χ2v) is 5.84. The molecule has 0 fully saturated rings. The summed E-state index contributed by atoms with van der Waals surface area (Å²) < 4.78 is 48.1. The van der Waals surface area contributed by atoms with Gasteiger partial charge < -0.3 is 0 Å². The summed E-state index contributed by atoms with van der Waals surface area (Å²) in [4.78, 5) is 0. The van der Waals surface area contributed by atoms with Gasteiger partial charge >= 0.3 is 5.76 Å². The smallest absolute Gasteiger partial charge is 0.277 e. The van der Waals surface area contributed by atoms with E-state index in [4.69, 9.17) is 11.6 Å². The lowest BCUT2D eigenvalue weighted by Crippen LogP contribution is -2.20. The molecule has 0 unspecified atom stereocenters. The third kappa shape index (κ3) is 3.42. The molecule has 15 heavy (non-hydrogen) atoms. The number of halogens is 4. The van der Waals surface area contributed by atoms with Crippen LogP contribution in [0.1, 0.15) is 0 Å². The fraction of sp³-hybridized carbons (Fsp3) is 0.143.